The minimum absolute atomic E-state index is 0.0109. The molecular weight excluding hydrogens is 246 g/mol. The molecule has 1 aliphatic carbocycles. The molecule has 0 bridgehead atoms. The normalized spacial score (nSPS) is 14.7. The number of anilines is 1. The van der Waals surface area contributed by atoms with Gasteiger partial charge in [0.05, 0.1) is 6.61 Å². The first-order chi connectivity index (χ1) is 8.88. The Morgan fingerprint density at radius 2 is 2.33 bits per heavy atom. The summed E-state index contributed by atoms with van der Waals surface area (Å²) < 4.78 is 0. The van der Waals surface area contributed by atoms with E-state index in [0.717, 1.165) is 17.9 Å². The molecular formula is C13H15N3OS. The zero-order valence-electron chi connectivity index (χ0n) is 9.99. The summed E-state index contributed by atoms with van der Waals surface area (Å²) in [5.41, 5.74) is 2.11. The molecule has 1 aliphatic rings. The Balaban J connectivity index is 1.89. The van der Waals surface area contributed by atoms with Crippen LogP contribution in [-0.2, 0) is 13.2 Å². The molecule has 0 unspecified atom stereocenters. The van der Waals surface area contributed by atoms with Crippen molar-refractivity contribution in [3.63, 3.8) is 0 Å². The van der Waals surface area contributed by atoms with Gasteiger partial charge in [-0.3, -0.25) is 0 Å². The van der Waals surface area contributed by atoms with Gasteiger partial charge in [-0.1, -0.05) is 0 Å². The van der Waals surface area contributed by atoms with Crippen LogP contribution in [0.5, 0.6) is 0 Å². The predicted octanol–water partition coefficient (Wildman–Crippen LogP) is 2.20. The van der Waals surface area contributed by atoms with Crippen LogP contribution in [-0.4, -0.2) is 21.1 Å². The Kier molecular flexibility index (Phi) is 3.25. The van der Waals surface area contributed by atoms with Gasteiger partial charge in [0, 0.05) is 24.3 Å². The lowest BCUT2D eigenvalue weighted by atomic mass is 10.2. The topological polar surface area (TPSA) is 49.3 Å². The van der Waals surface area contributed by atoms with Crippen LogP contribution in [0.3, 0.4) is 0 Å². The van der Waals surface area contributed by atoms with Crippen LogP contribution < -0.4 is 4.90 Å². The van der Waals surface area contributed by atoms with Crippen molar-refractivity contribution in [2.45, 2.75) is 32.0 Å². The first-order valence-electron chi connectivity index (χ1n) is 6.06. The average Bonchev–Trinajstić information content (AvgIpc) is 3.13. The minimum atomic E-state index is -0.0109. The first-order valence-corrected chi connectivity index (χ1v) is 7.00. The lowest BCUT2D eigenvalue weighted by Crippen LogP contribution is -2.27. The van der Waals surface area contributed by atoms with Gasteiger partial charge >= 0.3 is 0 Å². The van der Waals surface area contributed by atoms with E-state index in [0.29, 0.717) is 6.04 Å². The smallest absolute Gasteiger partial charge is 0.138 e. The van der Waals surface area contributed by atoms with Crippen LogP contribution in [0.2, 0.25) is 0 Å². The van der Waals surface area contributed by atoms with Crippen molar-refractivity contribution in [3.8, 4) is 0 Å². The summed E-state index contributed by atoms with van der Waals surface area (Å²) in [7, 11) is 0. The Labute approximate surface area is 110 Å². The Morgan fingerprint density at radius 1 is 1.44 bits per heavy atom. The molecule has 3 rings (SSSR count). The number of thiophene rings is 1. The molecule has 5 heteroatoms. The summed E-state index contributed by atoms with van der Waals surface area (Å²) in [5, 5.41) is 13.6. The molecule has 0 aromatic carbocycles. The standard InChI is InChI=1S/C13H15N3OS/c17-7-11-5-14-9-15-13(11)16(12-1-2-12)6-10-3-4-18-8-10/h3-5,8-9,12,17H,1-2,6-7H2. The third-order valence-electron chi connectivity index (χ3n) is 3.13. The van der Waals surface area contributed by atoms with E-state index in [1.54, 1.807) is 23.9 Å². The molecule has 2 aromatic heterocycles. The van der Waals surface area contributed by atoms with Crippen molar-refractivity contribution in [1.29, 1.82) is 0 Å². The molecule has 1 fully saturated rings. The molecule has 2 aromatic rings. The van der Waals surface area contributed by atoms with Gasteiger partial charge in [0.2, 0.25) is 0 Å². The summed E-state index contributed by atoms with van der Waals surface area (Å²) in [4.78, 5) is 10.6. The van der Waals surface area contributed by atoms with E-state index in [9.17, 15) is 5.11 Å². The van der Waals surface area contributed by atoms with Crippen molar-refractivity contribution in [2.24, 2.45) is 0 Å². The zero-order chi connectivity index (χ0) is 12.4. The minimum Gasteiger partial charge on any atom is -0.391 e. The summed E-state index contributed by atoms with van der Waals surface area (Å²) >= 11 is 1.71. The van der Waals surface area contributed by atoms with Crippen LogP contribution >= 0.6 is 11.3 Å². The second-order valence-electron chi connectivity index (χ2n) is 4.52. The number of hydrogen-bond donors (Lipinski definition) is 1. The summed E-state index contributed by atoms with van der Waals surface area (Å²) in [5.74, 6) is 0.876. The number of hydrogen-bond acceptors (Lipinski definition) is 5. The summed E-state index contributed by atoms with van der Waals surface area (Å²) in [6.07, 6.45) is 5.67. The Hall–Kier alpha value is -1.46. The first kappa shape index (κ1) is 11.6. The van der Waals surface area contributed by atoms with Gasteiger partial charge in [-0.2, -0.15) is 11.3 Å². The maximum absolute atomic E-state index is 9.39. The van der Waals surface area contributed by atoms with Crippen LogP contribution in [0.1, 0.15) is 24.0 Å². The lowest BCUT2D eigenvalue weighted by molar-refractivity contribution is 0.281. The number of aromatic nitrogens is 2. The molecule has 0 radical (unpaired) electrons. The molecule has 18 heavy (non-hydrogen) atoms. The zero-order valence-corrected chi connectivity index (χ0v) is 10.8. The van der Waals surface area contributed by atoms with Gasteiger partial charge in [0.1, 0.15) is 12.1 Å². The molecule has 1 N–H and O–H groups in total. The van der Waals surface area contributed by atoms with Crippen LogP contribution in [0, 0.1) is 0 Å². The van der Waals surface area contributed by atoms with Gasteiger partial charge in [-0.05, 0) is 35.2 Å². The van der Waals surface area contributed by atoms with E-state index < -0.39 is 0 Å². The van der Waals surface area contributed by atoms with Gasteiger partial charge in [-0.25, -0.2) is 9.97 Å². The third-order valence-corrected chi connectivity index (χ3v) is 3.86. The van der Waals surface area contributed by atoms with Crippen molar-refractivity contribution in [1.82, 2.24) is 9.97 Å². The number of nitrogens with zero attached hydrogens (tertiary/aromatic N) is 3. The summed E-state index contributed by atoms with van der Waals surface area (Å²) in [6.45, 7) is 0.848. The quantitative estimate of drug-likeness (QED) is 0.896. The van der Waals surface area contributed by atoms with Crippen molar-refractivity contribution in [3.05, 3.63) is 40.5 Å². The second-order valence-corrected chi connectivity index (χ2v) is 5.30. The number of aliphatic hydroxyl groups excluding tert-OH is 1. The highest BCUT2D eigenvalue weighted by Gasteiger charge is 2.31. The van der Waals surface area contributed by atoms with E-state index in [1.807, 2.05) is 0 Å². The van der Waals surface area contributed by atoms with Gasteiger partial charge < -0.3 is 10.0 Å². The average molecular weight is 261 g/mol. The fourth-order valence-electron chi connectivity index (χ4n) is 2.06. The Morgan fingerprint density at radius 3 is 3.00 bits per heavy atom. The SMILES string of the molecule is OCc1cncnc1N(Cc1ccsc1)C1CC1. The highest BCUT2D eigenvalue weighted by atomic mass is 32.1. The molecule has 0 aliphatic heterocycles. The largest absolute Gasteiger partial charge is 0.391 e. The van der Waals surface area contributed by atoms with E-state index in [4.69, 9.17) is 0 Å². The Bertz CT molecular complexity index is 511. The van der Waals surface area contributed by atoms with E-state index >= 15 is 0 Å². The number of aliphatic hydroxyl groups is 1. The van der Waals surface area contributed by atoms with E-state index in [2.05, 4.69) is 31.7 Å². The monoisotopic (exact) mass is 261 g/mol. The molecule has 1 saturated carbocycles. The third kappa shape index (κ3) is 2.37. The fraction of sp³-hybridized carbons (Fsp3) is 0.385. The second kappa shape index (κ2) is 5.04. The van der Waals surface area contributed by atoms with Crippen LogP contribution in [0.15, 0.2) is 29.4 Å². The molecule has 2 heterocycles. The highest BCUT2D eigenvalue weighted by Crippen LogP contribution is 2.33. The summed E-state index contributed by atoms with van der Waals surface area (Å²) in [6, 6.07) is 2.70. The molecule has 94 valence electrons. The van der Waals surface area contributed by atoms with Crippen molar-refractivity contribution in [2.75, 3.05) is 4.90 Å². The molecule has 0 atom stereocenters. The van der Waals surface area contributed by atoms with Crippen molar-refractivity contribution < 1.29 is 5.11 Å². The highest BCUT2D eigenvalue weighted by molar-refractivity contribution is 7.07. The molecule has 0 amide bonds. The van der Waals surface area contributed by atoms with E-state index in [-0.39, 0.29) is 6.61 Å². The molecule has 4 nitrogen and oxygen atoms in total. The van der Waals surface area contributed by atoms with E-state index in [1.165, 1.54) is 18.4 Å². The molecule has 0 spiro atoms. The lowest BCUT2D eigenvalue weighted by Gasteiger charge is -2.24. The maximum atomic E-state index is 9.39. The number of rotatable bonds is 5. The van der Waals surface area contributed by atoms with Crippen LogP contribution in [0.4, 0.5) is 5.82 Å². The van der Waals surface area contributed by atoms with Crippen molar-refractivity contribution >= 4 is 17.2 Å². The predicted molar refractivity (Wildman–Crippen MR) is 71.5 cm³/mol. The van der Waals surface area contributed by atoms with Crippen LogP contribution in [0.25, 0.3) is 0 Å². The molecule has 0 saturated heterocycles. The maximum Gasteiger partial charge on any atom is 0.138 e. The fourth-order valence-corrected chi connectivity index (χ4v) is 2.72. The van der Waals surface area contributed by atoms with Gasteiger partial charge in [-0.15, -0.1) is 0 Å². The van der Waals surface area contributed by atoms with Gasteiger partial charge in [0.15, 0.2) is 0 Å². The van der Waals surface area contributed by atoms with Gasteiger partial charge in [0.25, 0.3) is 0 Å².